The summed E-state index contributed by atoms with van der Waals surface area (Å²) in [5.74, 6) is -9.90. The summed E-state index contributed by atoms with van der Waals surface area (Å²) in [6.07, 6.45) is 3.14. The highest BCUT2D eigenvalue weighted by Gasteiger charge is 2.46. The lowest BCUT2D eigenvalue weighted by Gasteiger charge is -2.31. The second-order valence-corrected chi connectivity index (χ2v) is 25.6. The standard InChI is InChI=1S/C68H83FN12O18/c1-6-68(97)42-29-49-60-40(35-81(49)64(94)41(42)36-98-65(68)95)59-44(22-21-39-37(2)43(69)30-46(78-60)58(39)59)75-51(83)20-15-26-70-52(84)32-73-61(91)47(28-38-16-9-7-10-17-38)77-54(86)34-72-53(85)33-74-62(92)48(31-57(89)90)79-63(93)45(18-12-13-25-71-66(96)99-67(3,4)5)76-50(82)19-11-8-14-27-80-55(87)23-24-56(80)88/h7,9-10,16-17,23-24,29-30,44-45,47-48,97H,6,8,11-15,18-22,25-28,31-36H2,1-5H3,(H,70,84)(H,71,96)(H,72,85)(H,73,91)(H,74,92)(H,75,83)(H,76,82)(H,77,86)(H,79,93)(H,89,90)/t44-,45-,47-,48-,68-/m0/s1. The Balaban J connectivity index is 0.799. The van der Waals surface area contributed by atoms with Crippen molar-refractivity contribution in [3.63, 3.8) is 0 Å². The first kappa shape index (κ1) is 74.3. The molecule has 8 rings (SSSR count). The number of aryl methyl sites for hydroxylation is 1. The van der Waals surface area contributed by atoms with Crippen molar-refractivity contribution in [2.75, 3.05) is 39.3 Å². The summed E-state index contributed by atoms with van der Waals surface area (Å²) in [5, 5.41) is 44.6. The summed E-state index contributed by atoms with van der Waals surface area (Å²) >= 11 is 0. The maximum atomic E-state index is 15.5. The fraction of sp³-hybridized carbons (Fsp3) is 0.485. The number of aromatic nitrogens is 2. The van der Waals surface area contributed by atoms with E-state index in [1.54, 1.807) is 71.0 Å². The predicted molar refractivity (Wildman–Crippen MR) is 350 cm³/mol. The molecule has 4 aliphatic rings. The zero-order valence-corrected chi connectivity index (χ0v) is 55.7. The van der Waals surface area contributed by atoms with E-state index < -0.39 is 144 Å². The number of aliphatic hydroxyl groups is 1. The Labute approximate surface area is 568 Å². The topological polar surface area (TPSA) is 427 Å². The van der Waals surface area contributed by atoms with Gasteiger partial charge in [0.2, 0.25) is 47.3 Å². The first-order valence-corrected chi connectivity index (χ1v) is 32.9. The predicted octanol–water partition coefficient (Wildman–Crippen LogP) is 1.23. The highest BCUT2D eigenvalue weighted by atomic mass is 19.1. The van der Waals surface area contributed by atoms with Crippen LogP contribution in [0.5, 0.6) is 0 Å². The summed E-state index contributed by atoms with van der Waals surface area (Å²) in [6.45, 7) is 6.29. The Morgan fingerprint density at radius 1 is 0.727 bits per heavy atom. The van der Waals surface area contributed by atoms with Gasteiger partial charge in [0.25, 0.3) is 17.4 Å². The molecule has 0 fully saturated rings. The molecule has 1 aliphatic carbocycles. The van der Waals surface area contributed by atoms with E-state index in [2.05, 4.69) is 47.9 Å². The first-order valence-electron chi connectivity index (χ1n) is 32.9. The van der Waals surface area contributed by atoms with Crippen molar-refractivity contribution in [2.45, 2.75) is 173 Å². The normalized spacial score (nSPS) is 16.6. The molecule has 4 aromatic rings. The first-order chi connectivity index (χ1) is 47.0. The van der Waals surface area contributed by atoms with E-state index in [0.29, 0.717) is 83.1 Å². The van der Waals surface area contributed by atoms with Gasteiger partial charge < -0.3 is 72.1 Å². The second kappa shape index (κ2) is 33.2. The number of nitrogens with zero attached hydrogens (tertiary/aromatic N) is 3. The van der Waals surface area contributed by atoms with Gasteiger partial charge in [0, 0.05) is 73.6 Å². The minimum absolute atomic E-state index is 0.0131. The number of halogens is 1. The molecule has 30 nitrogen and oxygen atoms in total. The number of rotatable bonds is 33. The van der Waals surface area contributed by atoms with Crippen LogP contribution in [0.15, 0.2) is 59.4 Å². The van der Waals surface area contributed by atoms with E-state index in [4.69, 9.17) is 14.5 Å². The number of aliphatic carboxylic acids is 1. The lowest BCUT2D eigenvalue weighted by molar-refractivity contribution is -0.172. The van der Waals surface area contributed by atoms with Gasteiger partial charge in [0.15, 0.2) is 5.60 Å². The number of carboxylic acid groups (broad SMARTS) is 1. The fourth-order valence-electron chi connectivity index (χ4n) is 12.2. The fourth-order valence-corrected chi connectivity index (χ4v) is 12.2. The molecule has 5 atom stereocenters. The molecule has 0 bridgehead atoms. The average Bonchev–Trinajstić information content (AvgIpc) is 1.61. The van der Waals surface area contributed by atoms with Gasteiger partial charge in [-0.1, -0.05) is 43.7 Å². The third-order valence-electron chi connectivity index (χ3n) is 17.3. The number of ether oxygens (including phenoxy) is 2. The number of benzene rings is 2. The van der Waals surface area contributed by atoms with Crippen LogP contribution in [0.3, 0.4) is 0 Å². The van der Waals surface area contributed by atoms with Gasteiger partial charge in [0.05, 0.1) is 61.1 Å². The summed E-state index contributed by atoms with van der Waals surface area (Å²) in [5.41, 5.74) is 0.986. The molecule has 2 aromatic heterocycles. The van der Waals surface area contributed by atoms with Gasteiger partial charge in [-0.25, -0.2) is 19.0 Å². The Kier molecular flexibility index (Phi) is 24.9. The average molecular weight is 1380 g/mol. The molecule has 11 amide bonds. The molecule has 31 heteroatoms. The summed E-state index contributed by atoms with van der Waals surface area (Å²) in [7, 11) is 0. The number of pyridine rings is 2. The SMILES string of the molecule is CC[C@@]1(O)C(=O)OCc2c1cc1n(c2=O)Cc2c-1nc1cc(F)c(C)c3c1c2[C@@H](NC(=O)CCCNC(=O)CNC(=O)[C@H](Cc1ccccc1)NC(=O)CNC(=O)CNC(=O)[C@H](CC(=O)O)NC(=O)[C@H](CCCCNC(=O)OC(C)(C)C)NC(=O)CCCCCN1C(=O)C=CC1=O)CC3. The molecule has 0 spiro atoms. The number of nitrogens with one attached hydrogen (secondary N) is 9. The third-order valence-corrected chi connectivity index (χ3v) is 17.3. The van der Waals surface area contributed by atoms with Gasteiger partial charge >= 0.3 is 18.0 Å². The zero-order valence-electron chi connectivity index (χ0n) is 55.7. The molecule has 0 saturated carbocycles. The van der Waals surface area contributed by atoms with E-state index in [1.807, 2.05) is 0 Å². The number of carbonyl (C=O) groups is 13. The Hall–Kier alpha value is -10.5. The van der Waals surface area contributed by atoms with Gasteiger partial charge in [0.1, 0.15) is 36.2 Å². The Bertz CT molecular complexity index is 3930. The number of fused-ring (bicyclic) bond motifs is 5. The lowest BCUT2D eigenvalue weighted by atomic mass is 9.81. The molecule has 0 saturated heterocycles. The second-order valence-electron chi connectivity index (χ2n) is 25.6. The van der Waals surface area contributed by atoms with Crippen LogP contribution in [0.1, 0.15) is 150 Å². The van der Waals surface area contributed by atoms with Crippen LogP contribution in [0.2, 0.25) is 0 Å². The highest BCUT2D eigenvalue weighted by Crippen LogP contribution is 2.46. The molecule has 0 unspecified atom stereocenters. The smallest absolute Gasteiger partial charge is 0.407 e. The minimum Gasteiger partial charge on any atom is -0.481 e. The maximum Gasteiger partial charge on any atom is 0.407 e. The van der Waals surface area contributed by atoms with Gasteiger partial charge in [-0.05, 0) is 114 Å². The molecule has 2 aromatic carbocycles. The van der Waals surface area contributed by atoms with Crippen molar-refractivity contribution in [1.82, 2.24) is 62.3 Å². The number of esters is 1. The summed E-state index contributed by atoms with van der Waals surface area (Å²) in [4.78, 5) is 188. The van der Waals surface area contributed by atoms with Gasteiger partial charge in [-0.3, -0.25) is 62.4 Å². The number of amides is 11. The third kappa shape index (κ3) is 19.2. The van der Waals surface area contributed by atoms with Crippen LogP contribution in [0.4, 0.5) is 9.18 Å². The molecular weight excluding hydrogens is 1290 g/mol. The number of cyclic esters (lactones) is 1. The van der Waals surface area contributed by atoms with E-state index >= 15 is 4.39 Å². The van der Waals surface area contributed by atoms with Crippen LogP contribution >= 0.6 is 0 Å². The quantitative estimate of drug-likeness (QED) is 0.0160. The monoisotopic (exact) mass is 1370 g/mol. The van der Waals surface area contributed by atoms with Crippen molar-refractivity contribution in [3.05, 3.63) is 110 Å². The number of carboxylic acids is 1. The van der Waals surface area contributed by atoms with E-state index in [0.717, 1.165) is 22.6 Å². The number of imide groups is 1. The minimum atomic E-state index is -2.07. The van der Waals surface area contributed by atoms with Crippen molar-refractivity contribution in [2.24, 2.45) is 0 Å². The van der Waals surface area contributed by atoms with Crippen LogP contribution in [0.25, 0.3) is 22.3 Å². The van der Waals surface area contributed by atoms with Crippen LogP contribution in [0, 0.1) is 12.7 Å². The van der Waals surface area contributed by atoms with E-state index in [-0.39, 0.29) is 94.8 Å². The number of carbonyl (C=O) groups excluding carboxylic acids is 12. The van der Waals surface area contributed by atoms with Crippen LogP contribution in [-0.4, -0.2) is 165 Å². The number of hydrogen-bond donors (Lipinski definition) is 11. The molecule has 3 aliphatic heterocycles. The number of hydrogen-bond acceptors (Lipinski definition) is 18. The van der Waals surface area contributed by atoms with E-state index in [1.165, 1.54) is 10.6 Å². The van der Waals surface area contributed by atoms with Crippen molar-refractivity contribution in [1.29, 1.82) is 0 Å². The van der Waals surface area contributed by atoms with Gasteiger partial charge in [-0.15, -0.1) is 0 Å². The molecule has 0 radical (unpaired) electrons. The largest absolute Gasteiger partial charge is 0.481 e. The maximum absolute atomic E-state index is 15.5. The highest BCUT2D eigenvalue weighted by molar-refractivity contribution is 6.13. The molecule has 5 heterocycles. The van der Waals surface area contributed by atoms with Crippen molar-refractivity contribution in [3.8, 4) is 11.4 Å². The Morgan fingerprint density at radius 3 is 2.07 bits per heavy atom. The molecule has 530 valence electrons. The number of alkyl carbamates (subject to hydrolysis) is 1. The van der Waals surface area contributed by atoms with Crippen molar-refractivity contribution >= 4 is 88.0 Å². The van der Waals surface area contributed by atoms with E-state index in [9.17, 15) is 77.3 Å². The zero-order chi connectivity index (χ0) is 71.9. The molecule has 99 heavy (non-hydrogen) atoms. The molecule has 11 N–H and O–H groups in total. The number of unbranched alkanes of at least 4 members (excludes halogenated alkanes) is 3. The van der Waals surface area contributed by atoms with Crippen molar-refractivity contribution < 1.29 is 86.4 Å². The lowest BCUT2D eigenvalue weighted by Crippen LogP contribution is -2.55. The summed E-state index contributed by atoms with van der Waals surface area (Å²) < 4.78 is 27.4. The van der Waals surface area contributed by atoms with Gasteiger partial charge in [-0.2, -0.15) is 0 Å². The Morgan fingerprint density at radius 2 is 1.38 bits per heavy atom. The summed E-state index contributed by atoms with van der Waals surface area (Å²) in [6, 6.07) is 6.48. The van der Waals surface area contributed by atoms with Crippen LogP contribution < -0.4 is 53.4 Å². The van der Waals surface area contributed by atoms with Crippen LogP contribution in [-0.2, 0) is 98.6 Å². The molecular formula is C68H83FN12O18.